The van der Waals surface area contributed by atoms with Crippen LogP contribution in [0.5, 0.6) is 0 Å². The van der Waals surface area contributed by atoms with Gasteiger partial charge in [0.2, 0.25) is 0 Å². The number of amides is 1. The van der Waals surface area contributed by atoms with E-state index in [1.165, 1.54) is 12.3 Å². The van der Waals surface area contributed by atoms with E-state index in [9.17, 15) is 13.6 Å². The van der Waals surface area contributed by atoms with Crippen molar-refractivity contribution in [3.63, 3.8) is 0 Å². The van der Waals surface area contributed by atoms with Crippen molar-refractivity contribution in [2.24, 2.45) is 0 Å². The van der Waals surface area contributed by atoms with Crippen molar-refractivity contribution >= 4 is 23.1 Å². The van der Waals surface area contributed by atoms with E-state index in [1.54, 1.807) is 12.1 Å². The van der Waals surface area contributed by atoms with E-state index in [1.807, 2.05) is 26.0 Å². The summed E-state index contributed by atoms with van der Waals surface area (Å²) in [6.45, 7) is 4.02. The summed E-state index contributed by atoms with van der Waals surface area (Å²) >= 11 is 0. The lowest BCUT2D eigenvalue weighted by Gasteiger charge is -2.09. The predicted molar refractivity (Wildman–Crippen MR) is 97.7 cm³/mol. The number of aromatic nitrogens is 1. The molecule has 3 rings (SSSR count). The van der Waals surface area contributed by atoms with Crippen LogP contribution in [-0.4, -0.2) is 10.9 Å². The minimum absolute atomic E-state index is 0.173. The standard InChI is InChI=1S/C20H17F2N3O/c1-12-7-13(2)9-16(8-12)24-19-6-3-14(11-23-19)20(26)25-15-4-5-17(21)18(22)10-15/h3-11H,1-2H3,(H,23,24)(H,25,26). The van der Waals surface area contributed by atoms with Crippen LogP contribution in [0, 0.1) is 25.5 Å². The lowest BCUT2D eigenvalue weighted by Crippen LogP contribution is -2.12. The summed E-state index contributed by atoms with van der Waals surface area (Å²) in [5.74, 6) is -1.85. The van der Waals surface area contributed by atoms with Gasteiger partial charge >= 0.3 is 0 Å². The molecule has 0 saturated heterocycles. The van der Waals surface area contributed by atoms with Crippen molar-refractivity contribution in [3.05, 3.63) is 83.1 Å². The number of rotatable bonds is 4. The van der Waals surface area contributed by atoms with E-state index >= 15 is 0 Å². The molecule has 132 valence electrons. The second kappa shape index (κ2) is 7.31. The fourth-order valence-electron chi connectivity index (χ4n) is 2.57. The van der Waals surface area contributed by atoms with Gasteiger partial charge in [-0.2, -0.15) is 0 Å². The Morgan fingerprint density at radius 3 is 2.23 bits per heavy atom. The number of carbonyl (C=O) groups is 1. The Morgan fingerprint density at radius 2 is 1.62 bits per heavy atom. The second-order valence-corrected chi connectivity index (χ2v) is 6.02. The van der Waals surface area contributed by atoms with Crippen LogP contribution in [0.2, 0.25) is 0 Å². The molecule has 6 heteroatoms. The van der Waals surface area contributed by atoms with E-state index < -0.39 is 17.5 Å². The summed E-state index contributed by atoms with van der Waals surface area (Å²) in [5, 5.41) is 5.69. The van der Waals surface area contributed by atoms with Crippen LogP contribution in [-0.2, 0) is 0 Å². The number of halogens is 2. The van der Waals surface area contributed by atoms with E-state index in [0.717, 1.165) is 28.9 Å². The highest BCUT2D eigenvalue weighted by molar-refractivity contribution is 6.04. The monoisotopic (exact) mass is 353 g/mol. The molecule has 0 radical (unpaired) electrons. The molecule has 1 aromatic heterocycles. The Labute approximate surface area is 149 Å². The number of hydrogen-bond acceptors (Lipinski definition) is 3. The number of hydrogen-bond donors (Lipinski definition) is 2. The van der Waals surface area contributed by atoms with E-state index in [2.05, 4.69) is 21.7 Å². The molecular formula is C20H17F2N3O. The highest BCUT2D eigenvalue weighted by Gasteiger charge is 2.09. The van der Waals surface area contributed by atoms with Crippen molar-refractivity contribution < 1.29 is 13.6 Å². The van der Waals surface area contributed by atoms with Crippen molar-refractivity contribution in [1.82, 2.24) is 4.98 Å². The van der Waals surface area contributed by atoms with Gasteiger partial charge in [0.25, 0.3) is 5.91 Å². The fourth-order valence-corrected chi connectivity index (χ4v) is 2.57. The Kier molecular flexibility index (Phi) is 4.93. The second-order valence-electron chi connectivity index (χ2n) is 6.02. The van der Waals surface area contributed by atoms with Gasteiger partial charge in [-0.15, -0.1) is 0 Å². The van der Waals surface area contributed by atoms with Gasteiger partial charge in [0.1, 0.15) is 5.82 Å². The summed E-state index contributed by atoms with van der Waals surface area (Å²) in [6, 6.07) is 12.5. The molecule has 0 saturated carbocycles. The first-order valence-electron chi connectivity index (χ1n) is 7.98. The molecule has 4 nitrogen and oxygen atoms in total. The largest absolute Gasteiger partial charge is 0.340 e. The maximum Gasteiger partial charge on any atom is 0.257 e. The number of nitrogens with one attached hydrogen (secondary N) is 2. The third-order valence-corrected chi connectivity index (χ3v) is 3.70. The summed E-state index contributed by atoms with van der Waals surface area (Å²) in [5.41, 5.74) is 3.66. The van der Waals surface area contributed by atoms with Gasteiger partial charge in [-0.25, -0.2) is 13.8 Å². The zero-order valence-electron chi connectivity index (χ0n) is 14.3. The Balaban J connectivity index is 1.70. The molecule has 3 aromatic rings. The first-order valence-corrected chi connectivity index (χ1v) is 7.98. The summed E-state index contributed by atoms with van der Waals surface area (Å²) in [7, 11) is 0. The number of aryl methyl sites for hydroxylation is 2. The lowest BCUT2D eigenvalue weighted by atomic mass is 10.1. The van der Waals surface area contributed by atoms with Crippen LogP contribution in [0.25, 0.3) is 0 Å². The Hall–Kier alpha value is -3.28. The molecular weight excluding hydrogens is 336 g/mol. The number of carbonyl (C=O) groups excluding carboxylic acids is 1. The first-order chi connectivity index (χ1) is 12.4. The molecule has 1 amide bonds. The molecule has 0 unspecified atom stereocenters. The molecule has 2 N–H and O–H groups in total. The topological polar surface area (TPSA) is 54.0 Å². The molecule has 0 bridgehead atoms. The fraction of sp³-hybridized carbons (Fsp3) is 0.100. The van der Waals surface area contributed by atoms with Gasteiger partial charge in [-0.1, -0.05) is 6.07 Å². The summed E-state index contributed by atoms with van der Waals surface area (Å²) in [6.07, 6.45) is 1.42. The SMILES string of the molecule is Cc1cc(C)cc(Nc2ccc(C(=O)Nc3ccc(F)c(F)c3)cn2)c1. The van der Waals surface area contributed by atoms with Gasteiger partial charge in [0, 0.05) is 23.6 Å². The lowest BCUT2D eigenvalue weighted by molar-refractivity contribution is 0.102. The molecule has 0 fully saturated rings. The van der Waals surface area contributed by atoms with Gasteiger partial charge in [-0.3, -0.25) is 4.79 Å². The quantitative estimate of drug-likeness (QED) is 0.696. The molecule has 0 spiro atoms. The number of nitrogens with zero attached hydrogens (tertiary/aromatic N) is 1. The van der Waals surface area contributed by atoms with Crippen molar-refractivity contribution in [2.75, 3.05) is 10.6 Å². The molecule has 2 aromatic carbocycles. The first kappa shape index (κ1) is 17.5. The zero-order valence-corrected chi connectivity index (χ0v) is 14.3. The van der Waals surface area contributed by atoms with E-state index in [4.69, 9.17) is 0 Å². The molecule has 0 aliphatic rings. The highest BCUT2D eigenvalue weighted by Crippen LogP contribution is 2.19. The highest BCUT2D eigenvalue weighted by atomic mass is 19.2. The van der Waals surface area contributed by atoms with Crippen LogP contribution in [0.1, 0.15) is 21.5 Å². The van der Waals surface area contributed by atoms with E-state index in [-0.39, 0.29) is 5.69 Å². The van der Waals surface area contributed by atoms with Crippen LogP contribution in [0.15, 0.2) is 54.7 Å². The summed E-state index contributed by atoms with van der Waals surface area (Å²) in [4.78, 5) is 16.4. The maximum atomic E-state index is 13.2. The third-order valence-electron chi connectivity index (χ3n) is 3.70. The number of benzene rings is 2. The van der Waals surface area contributed by atoms with Crippen molar-refractivity contribution in [1.29, 1.82) is 0 Å². The minimum atomic E-state index is -1.02. The molecule has 0 atom stereocenters. The third kappa shape index (κ3) is 4.22. The normalized spacial score (nSPS) is 10.5. The number of anilines is 3. The molecule has 0 aliphatic heterocycles. The van der Waals surface area contributed by atoms with Crippen molar-refractivity contribution in [3.8, 4) is 0 Å². The minimum Gasteiger partial charge on any atom is -0.340 e. The smallest absolute Gasteiger partial charge is 0.257 e. The zero-order chi connectivity index (χ0) is 18.7. The van der Waals surface area contributed by atoms with Gasteiger partial charge in [0.15, 0.2) is 11.6 Å². The van der Waals surface area contributed by atoms with Crippen LogP contribution >= 0.6 is 0 Å². The maximum absolute atomic E-state index is 13.2. The average Bonchev–Trinajstić information content (AvgIpc) is 2.58. The van der Waals surface area contributed by atoms with Gasteiger partial charge < -0.3 is 10.6 Å². The Bertz CT molecular complexity index is 936. The number of pyridine rings is 1. The molecule has 0 aliphatic carbocycles. The van der Waals surface area contributed by atoms with Crippen LogP contribution in [0.3, 0.4) is 0 Å². The summed E-state index contributed by atoms with van der Waals surface area (Å²) < 4.78 is 26.1. The van der Waals surface area contributed by atoms with Crippen LogP contribution in [0.4, 0.5) is 26.0 Å². The predicted octanol–water partition coefficient (Wildman–Crippen LogP) is 4.97. The van der Waals surface area contributed by atoms with E-state index in [0.29, 0.717) is 11.4 Å². The Morgan fingerprint density at radius 1 is 0.885 bits per heavy atom. The average molecular weight is 353 g/mol. The molecule has 26 heavy (non-hydrogen) atoms. The molecule has 1 heterocycles. The van der Waals surface area contributed by atoms with Gasteiger partial charge in [0.05, 0.1) is 5.56 Å². The van der Waals surface area contributed by atoms with Crippen LogP contribution < -0.4 is 10.6 Å². The van der Waals surface area contributed by atoms with Gasteiger partial charge in [-0.05, 0) is 61.4 Å². The van der Waals surface area contributed by atoms with Crippen molar-refractivity contribution in [2.45, 2.75) is 13.8 Å².